The van der Waals surface area contributed by atoms with Crippen LogP contribution in [0.2, 0.25) is 0 Å². The van der Waals surface area contributed by atoms with Gasteiger partial charge in [0.1, 0.15) is 5.00 Å². The van der Waals surface area contributed by atoms with E-state index in [-0.39, 0.29) is 11.9 Å². The number of aryl methyl sites for hydroxylation is 1. The molecule has 142 valence electrons. The fourth-order valence-electron chi connectivity index (χ4n) is 3.92. The van der Waals surface area contributed by atoms with Gasteiger partial charge in [0.05, 0.1) is 24.0 Å². The van der Waals surface area contributed by atoms with Gasteiger partial charge in [0.2, 0.25) is 5.91 Å². The van der Waals surface area contributed by atoms with Gasteiger partial charge in [0.25, 0.3) is 0 Å². The van der Waals surface area contributed by atoms with Gasteiger partial charge in [-0.3, -0.25) is 9.59 Å². The predicted octanol–water partition coefficient (Wildman–Crippen LogP) is 3.63. The molecular weight excluding hydrogens is 354 g/mol. The van der Waals surface area contributed by atoms with Crippen molar-refractivity contribution >= 4 is 34.2 Å². The zero-order chi connectivity index (χ0) is 18.7. The first-order valence-corrected chi connectivity index (χ1v) is 10.2. The molecule has 1 amide bonds. The summed E-state index contributed by atoms with van der Waals surface area (Å²) in [6, 6.07) is 0. The van der Waals surface area contributed by atoms with Crippen molar-refractivity contribution < 1.29 is 24.2 Å². The van der Waals surface area contributed by atoms with Crippen LogP contribution in [0.15, 0.2) is 0 Å². The molecule has 0 radical (unpaired) electrons. The second-order valence-corrected chi connectivity index (χ2v) is 8.13. The van der Waals surface area contributed by atoms with Crippen molar-refractivity contribution in [2.75, 3.05) is 11.9 Å². The molecule has 7 heteroatoms. The molecule has 0 bridgehead atoms. The number of carboxylic acid groups (broad SMARTS) is 1. The average molecular weight is 379 g/mol. The van der Waals surface area contributed by atoms with Gasteiger partial charge >= 0.3 is 11.9 Å². The van der Waals surface area contributed by atoms with Gasteiger partial charge in [0, 0.05) is 4.88 Å². The third-order valence-corrected chi connectivity index (χ3v) is 6.43. The number of anilines is 1. The van der Waals surface area contributed by atoms with Crippen LogP contribution in [-0.4, -0.2) is 29.6 Å². The number of amides is 1. The van der Waals surface area contributed by atoms with Crippen LogP contribution in [0.3, 0.4) is 0 Å². The van der Waals surface area contributed by atoms with Crippen molar-refractivity contribution in [3.05, 3.63) is 16.0 Å². The minimum absolute atomic E-state index is 0.290. The van der Waals surface area contributed by atoms with E-state index < -0.39 is 17.8 Å². The van der Waals surface area contributed by atoms with Crippen LogP contribution >= 0.6 is 11.3 Å². The lowest BCUT2D eigenvalue weighted by Gasteiger charge is -2.27. The average Bonchev–Trinajstić information content (AvgIpc) is 3.20. The molecule has 6 nitrogen and oxygen atoms in total. The highest BCUT2D eigenvalue weighted by Gasteiger charge is 2.37. The second kappa shape index (κ2) is 8.20. The van der Waals surface area contributed by atoms with E-state index in [0.717, 1.165) is 49.0 Å². The zero-order valence-corrected chi connectivity index (χ0v) is 15.8. The lowest BCUT2D eigenvalue weighted by Crippen LogP contribution is -2.36. The normalized spacial score (nSPS) is 21.9. The first-order chi connectivity index (χ1) is 12.5. The number of ether oxygens (including phenoxy) is 1. The first kappa shape index (κ1) is 18.9. The van der Waals surface area contributed by atoms with Gasteiger partial charge in [-0.1, -0.05) is 19.8 Å². The van der Waals surface area contributed by atoms with Crippen LogP contribution in [0, 0.1) is 11.8 Å². The quantitative estimate of drug-likeness (QED) is 0.736. The summed E-state index contributed by atoms with van der Waals surface area (Å²) in [4.78, 5) is 37.9. The van der Waals surface area contributed by atoms with E-state index in [1.165, 1.54) is 11.3 Å². The third kappa shape index (κ3) is 3.77. The number of hydrogen-bond donors (Lipinski definition) is 2. The fraction of sp³-hybridized carbons (Fsp3) is 0.632. The van der Waals surface area contributed by atoms with Crippen LogP contribution in [0.25, 0.3) is 0 Å². The number of carboxylic acids is 1. The Kier molecular flexibility index (Phi) is 5.96. The lowest BCUT2D eigenvalue weighted by atomic mass is 9.79. The molecule has 2 N–H and O–H groups in total. The van der Waals surface area contributed by atoms with Gasteiger partial charge in [0.15, 0.2) is 0 Å². The highest BCUT2D eigenvalue weighted by Crippen LogP contribution is 2.40. The molecule has 1 fully saturated rings. The Hall–Kier alpha value is -1.89. The van der Waals surface area contributed by atoms with E-state index in [1.54, 1.807) is 0 Å². The topological polar surface area (TPSA) is 92.7 Å². The lowest BCUT2D eigenvalue weighted by molar-refractivity contribution is -0.147. The number of carbonyl (C=O) groups is 3. The number of thiophene rings is 1. The molecule has 1 saturated carbocycles. The van der Waals surface area contributed by atoms with E-state index in [2.05, 4.69) is 5.32 Å². The summed E-state index contributed by atoms with van der Waals surface area (Å²) in [6.07, 6.45) is 6.26. The largest absolute Gasteiger partial charge is 0.481 e. The Labute approximate surface area is 156 Å². The number of esters is 1. The van der Waals surface area contributed by atoms with Gasteiger partial charge < -0.3 is 15.2 Å². The maximum absolute atomic E-state index is 12.8. The Balaban J connectivity index is 1.82. The maximum Gasteiger partial charge on any atom is 0.341 e. The molecule has 1 aromatic heterocycles. The Morgan fingerprint density at radius 2 is 1.88 bits per heavy atom. The van der Waals surface area contributed by atoms with Gasteiger partial charge in [-0.15, -0.1) is 11.3 Å². The number of nitrogens with one attached hydrogen (secondary N) is 1. The van der Waals surface area contributed by atoms with Crippen molar-refractivity contribution in [3.8, 4) is 0 Å². The Morgan fingerprint density at radius 1 is 1.15 bits per heavy atom. The van der Waals surface area contributed by atoms with Gasteiger partial charge in [-0.2, -0.15) is 0 Å². The van der Waals surface area contributed by atoms with Crippen molar-refractivity contribution in [2.24, 2.45) is 11.8 Å². The highest BCUT2D eigenvalue weighted by atomic mass is 32.1. The summed E-state index contributed by atoms with van der Waals surface area (Å²) < 4.78 is 5.31. The molecule has 0 saturated heterocycles. The number of aliphatic carboxylic acids is 1. The van der Waals surface area contributed by atoms with Crippen molar-refractivity contribution in [3.63, 3.8) is 0 Å². The molecule has 1 aromatic rings. The summed E-state index contributed by atoms with van der Waals surface area (Å²) >= 11 is 1.43. The Morgan fingerprint density at radius 3 is 2.58 bits per heavy atom. The molecule has 0 spiro atoms. The minimum Gasteiger partial charge on any atom is -0.481 e. The third-order valence-electron chi connectivity index (χ3n) is 5.22. The van der Waals surface area contributed by atoms with Gasteiger partial charge in [-0.05, 0) is 44.1 Å². The van der Waals surface area contributed by atoms with Crippen LogP contribution in [0.1, 0.15) is 66.2 Å². The fourth-order valence-corrected chi connectivity index (χ4v) is 5.20. The van der Waals surface area contributed by atoms with Crippen LogP contribution < -0.4 is 5.32 Å². The Bertz CT molecular complexity index is 711. The van der Waals surface area contributed by atoms with Crippen LogP contribution in [0.4, 0.5) is 5.00 Å². The molecule has 1 heterocycles. The molecular formula is C19H25NO5S. The molecule has 2 aliphatic rings. The summed E-state index contributed by atoms with van der Waals surface area (Å²) in [6.45, 7) is 2.28. The van der Waals surface area contributed by atoms with Gasteiger partial charge in [-0.25, -0.2) is 4.79 Å². The SMILES string of the molecule is CCCOC(=O)c1c(NC(=O)[C@@H]2CCCC[C@@H]2C(=O)O)sc2c1CCC2. The molecule has 0 aromatic carbocycles. The highest BCUT2D eigenvalue weighted by molar-refractivity contribution is 7.17. The number of carbonyl (C=O) groups excluding carboxylic acids is 2. The van der Waals surface area contributed by atoms with Crippen molar-refractivity contribution in [1.82, 2.24) is 0 Å². The minimum atomic E-state index is -0.916. The maximum atomic E-state index is 12.8. The molecule has 0 unspecified atom stereocenters. The van der Waals surface area contributed by atoms with Crippen molar-refractivity contribution in [1.29, 1.82) is 0 Å². The monoisotopic (exact) mass is 379 g/mol. The molecule has 0 aliphatic heterocycles. The summed E-state index contributed by atoms with van der Waals surface area (Å²) in [7, 11) is 0. The summed E-state index contributed by atoms with van der Waals surface area (Å²) in [5.41, 5.74) is 1.47. The summed E-state index contributed by atoms with van der Waals surface area (Å²) in [5.74, 6) is -2.79. The van der Waals surface area contributed by atoms with E-state index in [9.17, 15) is 19.5 Å². The van der Waals surface area contributed by atoms with Crippen molar-refractivity contribution in [2.45, 2.75) is 58.3 Å². The summed E-state index contributed by atoms with van der Waals surface area (Å²) in [5, 5.41) is 12.8. The smallest absolute Gasteiger partial charge is 0.341 e. The van der Waals surface area contributed by atoms with E-state index in [1.807, 2.05) is 6.92 Å². The number of rotatable bonds is 6. The predicted molar refractivity (Wildman–Crippen MR) is 98.6 cm³/mol. The van der Waals surface area contributed by atoms with E-state index in [0.29, 0.717) is 30.0 Å². The molecule has 2 aliphatic carbocycles. The first-order valence-electron chi connectivity index (χ1n) is 9.38. The van der Waals surface area contributed by atoms with Crippen LogP contribution in [-0.2, 0) is 27.2 Å². The standard InChI is InChI=1S/C19H25NO5S/c1-2-10-25-19(24)15-13-8-5-9-14(13)26-17(15)20-16(21)11-6-3-4-7-12(11)18(22)23/h11-12H,2-10H2,1H3,(H,20,21)(H,22,23)/t11-,12+/m1/s1. The van der Waals surface area contributed by atoms with E-state index in [4.69, 9.17) is 4.74 Å². The van der Waals surface area contributed by atoms with Crippen LogP contribution in [0.5, 0.6) is 0 Å². The van der Waals surface area contributed by atoms with E-state index >= 15 is 0 Å². The number of fused-ring (bicyclic) bond motifs is 1. The number of hydrogen-bond acceptors (Lipinski definition) is 5. The molecule has 2 atom stereocenters. The zero-order valence-electron chi connectivity index (χ0n) is 15.0. The molecule has 26 heavy (non-hydrogen) atoms. The molecule has 3 rings (SSSR count). The second-order valence-electron chi connectivity index (χ2n) is 7.02.